The number of nitrogens with zero attached hydrogens (tertiary/aromatic N) is 5. The summed E-state index contributed by atoms with van der Waals surface area (Å²) in [5, 5.41) is 11.2. The third kappa shape index (κ3) is 4.09. The van der Waals surface area contributed by atoms with E-state index in [9.17, 15) is 13.9 Å². The van der Waals surface area contributed by atoms with Gasteiger partial charge in [-0.15, -0.1) is 0 Å². The van der Waals surface area contributed by atoms with Crippen molar-refractivity contribution in [1.29, 1.82) is 0 Å². The summed E-state index contributed by atoms with van der Waals surface area (Å²) < 4.78 is 59.5. The van der Waals surface area contributed by atoms with Crippen LogP contribution < -0.4 is 9.64 Å². The van der Waals surface area contributed by atoms with Gasteiger partial charge in [-0.2, -0.15) is 8.78 Å². The van der Waals surface area contributed by atoms with Gasteiger partial charge >= 0.3 is 6.61 Å². The molecule has 2 aliphatic heterocycles. The molecule has 1 N–H and O–H groups in total. The molecule has 3 aliphatic rings. The van der Waals surface area contributed by atoms with Crippen molar-refractivity contribution >= 4 is 11.6 Å². The van der Waals surface area contributed by atoms with E-state index in [0.717, 1.165) is 0 Å². The van der Waals surface area contributed by atoms with Crippen molar-refractivity contribution in [1.82, 2.24) is 19.4 Å². The van der Waals surface area contributed by atoms with E-state index in [1.54, 1.807) is 48.1 Å². The van der Waals surface area contributed by atoms with E-state index in [0.29, 0.717) is 60.5 Å². The number of anilines is 1. The lowest BCUT2D eigenvalue weighted by atomic mass is 9.93. The molecule has 0 spiro atoms. The third-order valence-corrected chi connectivity index (χ3v) is 7.91. The number of para-hydroxylation sites is 1. The Labute approximate surface area is 227 Å². The molecule has 2 bridgehead atoms. The lowest BCUT2D eigenvalue weighted by Crippen LogP contribution is -2.60. The average Bonchev–Trinajstić information content (AvgIpc) is 3.42. The van der Waals surface area contributed by atoms with Crippen LogP contribution in [0.3, 0.4) is 0 Å². The Kier molecular flexibility index (Phi) is 5.95. The van der Waals surface area contributed by atoms with E-state index in [2.05, 4.69) is 19.9 Å². The Bertz CT molecular complexity index is 1560. The van der Waals surface area contributed by atoms with Gasteiger partial charge < -0.3 is 28.6 Å². The fraction of sp³-hybridized carbons (Fsp3) is 0.393. The lowest BCUT2D eigenvalue weighted by molar-refractivity contribution is -0.0506. The molecule has 2 saturated heterocycles. The minimum absolute atomic E-state index is 0.0154. The molecule has 5 heterocycles. The van der Waals surface area contributed by atoms with Crippen molar-refractivity contribution in [3.05, 3.63) is 71.7 Å². The van der Waals surface area contributed by atoms with Gasteiger partial charge in [-0.05, 0) is 19.4 Å². The van der Waals surface area contributed by atoms with Gasteiger partial charge in [0, 0.05) is 47.3 Å². The number of halogens is 3. The molecular weight excluding hydrogens is 527 g/mol. The van der Waals surface area contributed by atoms with E-state index in [4.69, 9.17) is 14.2 Å². The second kappa shape index (κ2) is 9.43. The van der Waals surface area contributed by atoms with Gasteiger partial charge in [0.2, 0.25) is 5.95 Å². The molecule has 0 saturated carbocycles. The van der Waals surface area contributed by atoms with Gasteiger partial charge in [0.1, 0.15) is 22.8 Å². The molecule has 9 nitrogen and oxygen atoms in total. The SMILES string of the molecule is C[C@]1(O)C[C@H](c2ccccc2OC(F)F)c2c1nc1cc(F)c(-c3cnc(N4C5COCC4COC5)nc3)cn21. The van der Waals surface area contributed by atoms with Crippen LogP contribution in [0.15, 0.2) is 48.9 Å². The molecule has 1 aliphatic carbocycles. The van der Waals surface area contributed by atoms with Crippen LogP contribution in [0.1, 0.15) is 36.2 Å². The molecule has 7 rings (SSSR count). The minimum Gasteiger partial charge on any atom is -0.435 e. The number of aromatic nitrogens is 4. The van der Waals surface area contributed by atoms with Gasteiger partial charge in [0.15, 0.2) is 0 Å². The number of ether oxygens (including phenoxy) is 3. The van der Waals surface area contributed by atoms with Crippen LogP contribution in [0, 0.1) is 5.82 Å². The summed E-state index contributed by atoms with van der Waals surface area (Å²) in [6.07, 6.45) is 4.95. The topological polar surface area (TPSA) is 94.2 Å². The van der Waals surface area contributed by atoms with E-state index in [-0.39, 0.29) is 29.8 Å². The van der Waals surface area contributed by atoms with Crippen LogP contribution in [0.2, 0.25) is 0 Å². The molecule has 12 heteroatoms. The number of morpholine rings is 2. The second-order valence-electron chi connectivity index (χ2n) is 10.6. The first kappa shape index (κ1) is 25.2. The van der Waals surface area contributed by atoms with Crippen LogP contribution in [0.4, 0.5) is 19.1 Å². The number of aliphatic hydroxyl groups is 1. The summed E-state index contributed by atoms with van der Waals surface area (Å²) >= 11 is 0. The third-order valence-electron chi connectivity index (χ3n) is 7.91. The molecule has 3 aromatic heterocycles. The minimum atomic E-state index is -3.00. The molecule has 0 amide bonds. The number of alkyl halides is 2. The van der Waals surface area contributed by atoms with E-state index < -0.39 is 23.9 Å². The van der Waals surface area contributed by atoms with Gasteiger partial charge in [-0.25, -0.2) is 19.3 Å². The molecular formula is C28H26F3N5O4. The first-order valence-electron chi connectivity index (χ1n) is 13.0. The Morgan fingerprint density at radius 1 is 1.07 bits per heavy atom. The van der Waals surface area contributed by atoms with E-state index in [1.807, 2.05) is 0 Å². The smallest absolute Gasteiger partial charge is 0.387 e. The average molecular weight is 554 g/mol. The van der Waals surface area contributed by atoms with Gasteiger partial charge in [-0.3, -0.25) is 0 Å². The fourth-order valence-electron chi connectivity index (χ4n) is 6.16. The van der Waals surface area contributed by atoms with Crippen LogP contribution >= 0.6 is 0 Å². The molecule has 1 aromatic carbocycles. The van der Waals surface area contributed by atoms with Crippen LogP contribution in [0.25, 0.3) is 16.8 Å². The zero-order valence-corrected chi connectivity index (χ0v) is 21.5. The largest absolute Gasteiger partial charge is 0.435 e. The summed E-state index contributed by atoms with van der Waals surface area (Å²) in [6.45, 7) is 0.705. The monoisotopic (exact) mass is 553 g/mol. The highest BCUT2D eigenvalue weighted by Gasteiger charge is 2.45. The second-order valence-corrected chi connectivity index (χ2v) is 10.6. The number of fused-ring (bicyclic) bond motifs is 5. The Morgan fingerprint density at radius 3 is 2.42 bits per heavy atom. The summed E-state index contributed by atoms with van der Waals surface area (Å²) in [5.74, 6) is -0.496. The lowest BCUT2D eigenvalue weighted by Gasteiger charge is -2.45. The highest BCUT2D eigenvalue weighted by Crippen LogP contribution is 2.50. The van der Waals surface area contributed by atoms with Crippen molar-refractivity contribution in [3.8, 4) is 16.9 Å². The molecule has 0 unspecified atom stereocenters. The van der Waals surface area contributed by atoms with Gasteiger partial charge in [0.25, 0.3) is 0 Å². The van der Waals surface area contributed by atoms with E-state index in [1.165, 1.54) is 12.1 Å². The zero-order chi connectivity index (χ0) is 27.6. The Morgan fingerprint density at radius 2 is 1.75 bits per heavy atom. The van der Waals surface area contributed by atoms with E-state index >= 15 is 4.39 Å². The van der Waals surface area contributed by atoms with Crippen molar-refractivity contribution in [3.63, 3.8) is 0 Å². The molecule has 40 heavy (non-hydrogen) atoms. The summed E-state index contributed by atoms with van der Waals surface area (Å²) in [7, 11) is 0. The number of pyridine rings is 1. The van der Waals surface area contributed by atoms with Crippen molar-refractivity contribution in [2.24, 2.45) is 0 Å². The predicted octanol–water partition coefficient (Wildman–Crippen LogP) is 3.88. The molecule has 208 valence electrons. The molecule has 4 aromatic rings. The maximum absolute atomic E-state index is 15.4. The first-order valence-corrected chi connectivity index (χ1v) is 13.0. The van der Waals surface area contributed by atoms with Crippen molar-refractivity contribution < 1.29 is 32.5 Å². The number of hydrogen-bond acceptors (Lipinski definition) is 8. The summed E-state index contributed by atoms with van der Waals surface area (Å²) in [6, 6.07) is 7.81. The predicted molar refractivity (Wildman–Crippen MR) is 137 cm³/mol. The summed E-state index contributed by atoms with van der Waals surface area (Å²) in [4.78, 5) is 15.7. The number of imidazole rings is 1. The Balaban J connectivity index is 1.30. The maximum atomic E-state index is 15.4. The molecule has 2 fully saturated rings. The fourth-order valence-corrected chi connectivity index (χ4v) is 6.16. The van der Waals surface area contributed by atoms with Crippen LogP contribution in [-0.2, 0) is 15.1 Å². The number of hydrogen-bond donors (Lipinski definition) is 1. The highest BCUT2D eigenvalue weighted by atomic mass is 19.3. The number of rotatable bonds is 5. The van der Waals surface area contributed by atoms with Crippen molar-refractivity contribution in [2.75, 3.05) is 31.3 Å². The maximum Gasteiger partial charge on any atom is 0.387 e. The van der Waals surface area contributed by atoms with Crippen molar-refractivity contribution in [2.45, 2.75) is 43.6 Å². The molecule has 0 radical (unpaired) electrons. The number of benzene rings is 1. The normalized spacial score (nSPS) is 25.9. The molecule has 2 atom stereocenters. The van der Waals surface area contributed by atoms with Crippen LogP contribution in [-0.4, -0.2) is 69.6 Å². The first-order chi connectivity index (χ1) is 19.3. The van der Waals surface area contributed by atoms with Gasteiger partial charge in [-0.1, -0.05) is 18.2 Å². The highest BCUT2D eigenvalue weighted by molar-refractivity contribution is 5.66. The Hall–Kier alpha value is -3.74. The standard InChI is InChI=1S/C28H26F3N5O4/c1-28(37)7-19(18-4-2-3-5-22(18)40-26(30)31)24-25(28)34-23-6-21(29)20(10-35(23)24)15-8-32-27(33-9-15)36-16-11-38-13-17(36)14-39-12-16/h2-6,8-10,16-17,19,26,37H,7,11-14H2,1H3/t16?,17?,19-,28+/m1/s1. The quantitative estimate of drug-likeness (QED) is 0.398. The van der Waals surface area contributed by atoms with Gasteiger partial charge in [0.05, 0.1) is 49.9 Å². The summed E-state index contributed by atoms with van der Waals surface area (Å²) in [5.41, 5.74) is 1.09. The van der Waals surface area contributed by atoms with Crippen LogP contribution in [0.5, 0.6) is 5.75 Å². The zero-order valence-electron chi connectivity index (χ0n) is 21.5.